The summed E-state index contributed by atoms with van der Waals surface area (Å²) in [6.07, 6.45) is 7.21. The van der Waals surface area contributed by atoms with E-state index in [1.807, 2.05) is 0 Å². The van der Waals surface area contributed by atoms with Gasteiger partial charge in [-0.1, -0.05) is 13.3 Å². The molecule has 3 rings (SSSR count). The zero-order valence-electron chi connectivity index (χ0n) is 13.6. The van der Waals surface area contributed by atoms with Gasteiger partial charge in [0.1, 0.15) is 0 Å². The molecule has 1 saturated carbocycles. The molecular formula is C17H33N3. The van der Waals surface area contributed by atoms with Crippen molar-refractivity contribution in [3.8, 4) is 0 Å². The van der Waals surface area contributed by atoms with Gasteiger partial charge in [0, 0.05) is 38.8 Å². The number of piperidine rings is 1. The van der Waals surface area contributed by atoms with Crippen LogP contribution in [0.1, 0.15) is 39.0 Å². The summed E-state index contributed by atoms with van der Waals surface area (Å²) in [5.74, 6) is 1.99. The fraction of sp³-hybridized carbons (Fsp3) is 1.00. The maximum Gasteiger partial charge on any atom is 0.0121 e. The van der Waals surface area contributed by atoms with Crippen molar-refractivity contribution in [2.45, 2.75) is 45.1 Å². The first-order valence-electron chi connectivity index (χ1n) is 8.85. The van der Waals surface area contributed by atoms with Crippen LogP contribution in [-0.2, 0) is 0 Å². The number of hydrogen-bond donors (Lipinski definition) is 0. The smallest absolute Gasteiger partial charge is 0.0121 e. The van der Waals surface area contributed by atoms with Crippen molar-refractivity contribution in [3.05, 3.63) is 0 Å². The van der Waals surface area contributed by atoms with E-state index in [1.165, 1.54) is 77.9 Å². The summed E-state index contributed by atoms with van der Waals surface area (Å²) in [7, 11) is 2.26. The van der Waals surface area contributed by atoms with Crippen molar-refractivity contribution in [2.24, 2.45) is 11.8 Å². The van der Waals surface area contributed by atoms with Gasteiger partial charge in [0.25, 0.3) is 0 Å². The summed E-state index contributed by atoms with van der Waals surface area (Å²) in [5, 5.41) is 0. The third-order valence-corrected chi connectivity index (χ3v) is 5.93. The lowest BCUT2D eigenvalue weighted by atomic mass is 10.0. The molecule has 0 aromatic carbocycles. The average molecular weight is 279 g/mol. The highest BCUT2D eigenvalue weighted by Gasteiger charge is 2.28. The molecule has 2 heterocycles. The molecule has 0 spiro atoms. The fourth-order valence-corrected chi connectivity index (χ4v) is 4.53. The minimum atomic E-state index is 0.875. The molecule has 0 aromatic rings. The van der Waals surface area contributed by atoms with E-state index in [9.17, 15) is 0 Å². The van der Waals surface area contributed by atoms with Gasteiger partial charge >= 0.3 is 0 Å². The molecule has 0 N–H and O–H groups in total. The van der Waals surface area contributed by atoms with E-state index in [0.717, 1.165) is 17.9 Å². The standard InChI is InChI=1S/C17H33N3/c1-15-3-4-16(13-15)14-19-9-11-20(12-10-19)17-5-7-18(2)8-6-17/h15-17H,3-14H2,1-2H3. The summed E-state index contributed by atoms with van der Waals surface area (Å²) in [6.45, 7) is 11.7. The molecule has 3 nitrogen and oxygen atoms in total. The SMILES string of the molecule is CC1CCC(CN2CCN(C3CCN(C)CC3)CC2)C1. The largest absolute Gasteiger partial charge is 0.306 e. The third-order valence-electron chi connectivity index (χ3n) is 5.93. The highest BCUT2D eigenvalue weighted by molar-refractivity contribution is 4.84. The summed E-state index contributed by atoms with van der Waals surface area (Å²) < 4.78 is 0. The monoisotopic (exact) mass is 279 g/mol. The molecule has 2 aliphatic heterocycles. The molecule has 116 valence electrons. The maximum absolute atomic E-state index is 2.78. The predicted octanol–water partition coefficient (Wildman–Crippen LogP) is 2.13. The Labute approximate surface area is 125 Å². The van der Waals surface area contributed by atoms with E-state index < -0.39 is 0 Å². The predicted molar refractivity (Wildman–Crippen MR) is 85.0 cm³/mol. The van der Waals surface area contributed by atoms with Gasteiger partial charge in [0.15, 0.2) is 0 Å². The van der Waals surface area contributed by atoms with Crippen molar-refractivity contribution in [2.75, 3.05) is 52.9 Å². The minimum absolute atomic E-state index is 0.875. The first-order chi connectivity index (χ1) is 9.70. The van der Waals surface area contributed by atoms with Crippen LogP contribution in [0, 0.1) is 11.8 Å². The average Bonchev–Trinajstić information content (AvgIpc) is 2.86. The van der Waals surface area contributed by atoms with Crippen molar-refractivity contribution in [1.29, 1.82) is 0 Å². The van der Waals surface area contributed by atoms with Crippen molar-refractivity contribution < 1.29 is 0 Å². The Morgan fingerprint density at radius 3 is 2.15 bits per heavy atom. The topological polar surface area (TPSA) is 9.72 Å². The van der Waals surface area contributed by atoms with E-state index in [0.29, 0.717) is 0 Å². The van der Waals surface area contributed by atoms with E-state index in [-0.39, 0.29) is 0 Å². The minimum Gasteiger partial charge on any atom is -0.306 e. The van der Waals surface area contributed by atoms with E-state index in [4.69, 9.17) is 0 Å². The molecule has 2 unspecified atom stereocenters. The van der Waals surface area contributed by atoms with Crippen LogP contribution in [0.4, 0.5) is 0 Å². The second kappa shape index (κ2) is 6.76. The van der Waals surface area contributed by atoms with Gasteiger partial charge in [0.2, 0.25) is 0 Å². The van der Waals surface area contributed by atoms with Crippen molar-refractivity contribution in [3.63, 3.8) is 0 Å². The van der Waals surface area contributed by atoms with Crippen LogP contribution < -0.4 is 0 Å². The highest BCUT2D eigenvalue weighted by Crippen LogP contribution is 2.31. The summed E-state index contributed by atoms with van der Waals surface area (Å²) >= 11 is 0. The molecule has 0 amide bonds. The Hall–Kier alpha value is -0.120. The fourth-order valence-electron chi connectivity index (χ4n) is 4.53. The number of nitrogens with zero attached hydrogens (tertiary/aromatic N) is 3. The van der Waals surface area contributed by atoms with Crippen LogP contribution in [0.2, 0.25) is 0 Å². The highest BCUT2D eigenvalue weighted by atomic mass is 15.3. The Morgan fingerprint density at radius 1 is 0.850 bits per heavy atom. The Balaban J connectivity index is 1.38. The molecule has 3 heteroatoms. The van der Waals surface area contributed by atoms with Crippen molar-refractivity contribution in [1.82, 2.24) is 14.7 Å². The molecule has 3 aliphatic rings. The lowest BCUT2D eigenvalue weighted by Gasteiger charge is -2.42. The van der Waals surface area contributed by atoms with Gasteiger partial charge in [-0.15, -0.1) is 0 Å². The van der Waals surface area contributed by atoms with Crippen LogP contribution in [0.15, 0.2) is 0 Å². The Kier molecular flexibility index (Phi) is 5.00. The van der Waals surface area contributed by atoms with Crippen molar-refractivity contribution >= 4 is 0 Å². The van der Waals surface area contributed by atoms with E-state index in [2.05, 4.69) is 28.7 Å². The normalized spacial score (nSPS) is 35.7. The van der Waals surface area contributed by atoms with Crippen LogP contribution in [0.25, 0.3) is 0 Å². The Morgan fingerprint density at radius 2 is 1.55 bits per heavy atom. The lowest BCUT2D eigenvalue weighted by Crippen LogP contribution is -2.53. The summed E-state index contributed by atoms with van der Waals surface area (Å²) in [5.41, 5.74) is 0. The molecule has 2 atom stereocenters. The van der Waals surface area contributed by atoms with Crippen LogP contribution in [0.5, 0.6) is 0 Å². The van der Waals surface area contributed by atoms with Gasteiger partial charge in [-0.3, -0.25) is 4.90 Å². The molecule has 0 bridgehead atoms. The quantitative estimate of drug-likeness (QED) is 0.784. The van der Waals surface area contributed by atoms with Gasteiger partial charge in [-0.2, -0.15) is 0 Å². The second-order valence-electron chi connectivity index (χ2n) is 7.66. The van der Waals surface area contributed by atoms with Crippen LogP contribution in [-0.4, -0.2) is 73.6 Å². The first kappa shape index (κ1) is 14.8. The summed E-state index contributed by atoms with van der Waals surface area (Å²) in [6, 6.07) is 0.875. The van der Waals surface area contributed by atoms with Gasteiger partial charge in [0.05, 0.1) is 0 Å². The van der Waals surface area contributed by atoms with Gasteiger partial charge < -0.3 is 9.80 Å². The molecule has 1 aliphatic carbocycles. The Bertz CT molecular complexity index is 291. The molecule has 20 heavy (non-hydrogen) atoms. The number of piperazine rings is 1. The molecule has 0 aromatic heterocycles. The first-order valence-corrected chi connectivity index (χ1v) is 8.85. The third kappa shape index (κ3) is 3.75. The van der Waals surface area contributed by atoms with E-state index in [1.54, 1.807) is 0 Å². The second-order valence-corrected chi connectivity index (χ2v) is 7.66. The van der Waals surface area contributed by atoms with Gasteiger partial charge in [-0.25, -0.2) is 0 Å². The molecule has 2 saturated heterocycles. The number of likely N-dealkylation sites (tertiary alicyclic amines) is 1. The number of rotatable bonds is 3. The van der Waals surface area contributed by atoms with Crippen LogP contribution in [0.3, 0.4) is 0 Å². The van der Waals surface area contributed by atoms with Gasteiger partial charge in [-0.05, 0) is 57.7 Å². The maximum atomic E-state index is 2.78. The zero-order chi connectivity index (χ0) is 13.9. The summed E-state index contributed by atoms with van der Waals surface area (Å²) in [4.78, 5) is 8.00. The van der Waals surface area contributed by atoms with E-state index >= 15 is 0 Å². The molecular weight excluding hydrogens is 246 g/mol. The lowest BCUT2D eigenvalue weighted by molar-refractivity contribution is 0.0585. The molecule has 0 radical (unpaired) electrons. The van der Waals surface area contributed by atoms with Crippen LogP contribution >= 0.6 is 0 Å². The molecule has 3 fully saturated rings. The zero-order valence-corrected chi connectivity index (χ0v) is 13.6. The number of hydrogen-bond acceptors (Lipinski definition) is 3.